The van der Waals surface area contributed by atoms with Crippen molar-refractivity contribution in [2.75, 3.05) is 38.1 Å². The summed E-state index contributed by atoms with van der Waals surface area (Å²) in [6.07, 6.45) is 4.47. The molecule has 2 aliphatic rings. The normalized spacial score (nSPS) is 23.8. The fourth-order valence-electron chi connectivity index (χ4n) is 3.72. The maximum absolute atomic E-state index is 5.95. The van der Waals surface area contributed by atoms with Crippen LogP contribution in [0.5, 0.6) is 0 Å². The smallest absolute Gasteiger partial charge is 0.128 e. The lowest BCUT2D eigenvalue weighted by molar-refractivity contribution is 0.360. The summed E-state index contributed by atoms with van der Waals surface area (Å²) in [6, 6.07) is 8.58. The Labute approximate surface area is 156 Å². The number of anilines is 1. The molecule has 0 spiro atoms. The van der Waals surface area contributed by atoms with E-state index in [2.05, 4.69) is 58.3 Å². The van der Waals surface area contributed by atoms with E-state index in [-0.39, 0.29) is 0 Å². The molecule has 5 nitrogen and oxygen atoms in total. The molecule has 0 aromatic carbocycles. The second-order valence-corrected chi connectivity index (χ2v) is 7.90. The summed E-state index contributed by atoms with van der Waals surface area (Å²) in [5, 5.41) is 3.46. The fourth-order valence-corrected chi connectivity index (χ4v) is 3.72. The molecule has 0 amide bonds. The summed E-state index contributed by atoms with van der Waals surface area (Å²) in [7, 11) is 2.19. The van der Waals surface area contributed by atoms with Crippen LogP contribution in [0.2, 0.25) is 0 Å². The number of nitrogens with one attached hydrogen (secondary N) is 1. The van der Waals surface area contributed by atoms with Crippen LogP contribution in [0.4, 0.5) is 5.82 Å². The van der Waals surface area contributed by atoms with Gasteiger partial charge in [0, 0.05) is 38.3 Å². The summed E-state index contributed by atoms with van der Waals surface area (Å²) < 4.78 is 5.95. The molecule has 0 bridgehead atoms. The Balaban J connectivity index is 1.25. The molecule has 1 N–H and O–H groups in total. The van der Waals surface area contributed by atoms with Gasteiger partial charge in [0.1, 0.15) is 17.3 Å². The first-order chi connectivity index (χ1) is 12.7. The number of pyridine rings is 1. The lowest BCUT2D eigenvalue weighted by atomic mass is 10.2. The van der Waals surface area contributed by atoms with E-state index >= 15 is 0 Å². The predicted molar refractivity (Wildman–Crippen MR) is 104 cm³/mol. The Bertz CT molecular complexity index is 711. The van der Waals surface area contributed by atoms with Gasteiger partial charge in [-0.2, -0.15) is 0 Å². The van der Waals surface area contributed by atoms with Gasteiger partial charge < -0.3 is 19.5 Å². The molecule has 140 valence electrons. The van der Waals surface area contributed by atoms with Crippen LogP contribution in [0, 0.1) is 5.92 Å². The van der Waals surface area contributed by atoms with Gasteiger partial charge in [0.15, 0.2) is 0 Å². The number of rotatable bonds is 6. The summed E-state index contributed by atoms with van der Waals surface area (Å²) in [5.41, 5.74) is 1.21. The van der Waals surface area contributed by atoms with Crippen molar-refractivity contribution >= 4 is 5.82 Å². The van der Waals surface area contributed by atoms with E-state index in [1.54, 1.807) is 0 Å². The van der Waals surface area contributed by atoms with Gasteiger partial charge in [-0.3, -0.25) is 0 Å². The number of aromatic nitrogens is 1. The van der Waals surface area contributed by atoms with Gasteiger partial charge in [0.2, 0.25) is 0 Å². The second kappa shape index (κ2) is 7.80. The summed E-state index contributed by atoms with van der Waals surface area (Å²) in [6.45, 7) is 8.29. The lowest BCUT2D eigenvalue weighted by Gasteiger charge is -2.21. The van der Waals surface area contributed by atoms with Crippen LogP contribution in [0.25, 0.3) is 0 Å². The number of likely N-dealkylation sites (N-methyl/N-ethyl adjacent to an activating group) is 1. The number of furan rings is 1. The third kappa shape index (κ3) is 4.27. The molecule has 26 heavy (non-hydrogen) atoms. The van der Waals surface area contributed by atoms with Gasteiger partial charge in [-0.15, -0.1) is 0 Å². The Morgan fingerprint density at radius 1 is 1.12 bits per heavy atom. The zero-order valence-electron chi connectivity index (χ0n) is 15.9. The molecule has 1 saturated heterocycles. The van der Waals surface area contributed by atoms with Gasteiger partial charge >= 0.3 is 0 Å². The highest BCUT2D eigenvalue weighted by Crippen LogP contribution is 2.47. The highest BCUT2D eigenvalue weighted by molar-refractivity contribution is 5.39. The van der Waals surface area contributed by atoms with Crippen molar-refractivity contribution in [3.05, 3.63) is 47.5 Å². The zero-order chi connectivity index (χ0) is 17.9. The van der Waals surface area contributed by atoms with Crippen molar-refractivity contribution in [2.24, 2.45) is 5.92 Å². The average molecular weight is 354 g/mol. The van der Waals surface area contributed by atoms with E-state index in [1.807, 2.05) is 6.20 Å². The number of hydrogen-bond donors (Lipinski definition) is 1. The molecule has 1 aliphatic carbocycles. The molecular weight excluding hydrogens is 324 g/mol. The van der Waals surface area contributed by atoms with Crippen LogP contribution in [0.3, 0.4) is 0 Å². The second-order valence-electron chi connectivity index (χ2n) is 7.90. The topological polar surface area (TPSA) is 44.5 Å². The standard InChI is InChI=1S/C21H30N4O/c1-16-12-19(16)20-6-5-18(26-20)15-22-13-17-4-7-21(23-14-17)25-9-3-8-24(2)10-11-25/h4-7,14,16,19,22H,3,8-13,15H2,1-2H3/t16-,19+/m1/s1. The van der Waals surface area contributed by atoms with Gasteiger partial charge in [0.05, 0.1) is 6.54 Å². The fraction of sp³-hybridized carbons (Fsp3) is 0.571. The van der Waals surface area contributed by atoms with E-state index in [9.17, 15) is 0 Å². The molecule has 0 radical (unpaired) electrons. The summed E-state index contributed by atoms with van der Waals surface area (Å²) in [4.78, 5) is 9.47. The Morgan fingerprint density at radius 3 is 2.77 bits per heavy atom. The van der Waals surface area contributed by atoms with E-state index in [0.29, 0.717) is 5.92 Å². The largest absolute Gasteiger partial charge is 0.464 e. The van der Waals surface area contributed by atoms with Crippen LogP contribution in [0.15, 0.2) is 34.9 Å². The van der Waals surface area contributed by atoms with Crippen molar-refractivity contribution in [2.45, 2.75) is 38.8 Å². The molecule has 1 saturated carbocycles. The van der Waals surface area contributed by atoms with Crippen molar-refractivity contribution in [3.63, 3.8) is 0 Å². The first kappa shape index (κ1) is 17.6. The highest BCUT2D eigenvalue weighted by Gasteiger charge is 2.36. The maximum atomic E-state index is 5.95. The van der Waals surface area contributed by atoms with E-state index < -0.39 is 0 Å². The summed E-state index contributed by atoms with van der Waals surface area (Å²) in [5.74, 6) is 4.72. The molecule has 2 fully saturated rings. The van der Waals surface area contributed by atoms with E-state index in [0.717, 1.165) is 56.0 Å². The zero-order valence-corrected chi connectivity index (χ0v) is 15.9. The van der Waals surface area contributed by atoms with Crippen LogP contribution >= 0.6 is 0 Å². The maximum Gasteiger partial charge on any atom is 0.128 e. The lowest BCUT2D eigenvalue weighted by Crippen LogP contribution is -2.29. The molecule has 1 aliphatic heterocycles. The average Bonchev–Trinajstić information content (AvgIpc) is 3.26. The van der Waals surface area contributed by atoms with Gasteiger partial charge in [-0.05, 0) is 56.1 Å². The Kier molecular flexibility index (Phi) is 5.27. The van der Waals surface area contributed by atoms with Crippen molar-refractivity contribution < 1.29 is 4.42 Å². The van der Waals surface area contributed by atoms with Crippen LogP contribution in [0.1, 0.15) is 42.8 Å². The van der Waals surface area contributed by atoms with Crippen molar-refractivity contribution in [3.8, 4) is 0 Å². The minimum absolute atomic E-state index is 0.652. The van der Waals surface area contributed by atoms with E-state index in [1.165, 1.54) is 24.9 Å². The van der Waals surface area contributed by atoms with Gasteiger partial charge in [-0.25, -0.2) is 4.98 Å². The Hall–Kier alpha value is -1.85. The minimum Gasteiger partial charge on any atom is -0.464 e. The van der Waals surface area contributed by atoms with Crippen LogP contribution in [-0.2, 0) is 13.1 Å². The van der Waals surface area contributed by atoms with Gasteiger partial charge in [0.25, 0.3) is 0 Å². The number of hydrogen-bond acceptors (Lipinski definition) is 5. The third-order valence-electron chi connectivity index (χ3n) is 5.64. The molecule has 5 heteroatoms. The molecule has 2 atom stereocenters. The molecule has 4 rings (SSSR count). The van der Waals surface area contributed by atoms with Crippen molar-refractivity contribution in [1.82, 2.24) is 15.2 Å². The molecular formula is C21H30N4O. The molecule has 3 heterocycles. The molecule has 0 unspecified atom stereocenters. The minimum atomic E-state index is 0.652. The first-order valence-corrected chi connectivity index (χ1v) is 9.87. The SMILES string of the molecule is C[C@@H]1C[C@@H]1c1ccc(CNCc2ccc(N3CCCN(C)CC3)nc2)o1. The summed E-state index contributed by atoms with van der Waals surface area (Å²) >= 11 is 0. The highest BCUT2D eigenvalue weighted by atomic mass is 16.3. The predicted octanol–water partition coefficient (Wildman–Crippen LogP) is 3.23. The Morgan fingerprint density at radius 2 is 2.00 bits per heavy atom. The van der Waals surface area contributed by atoms with Crippen molar-refractivity contribution in [1.29, 1.82) is 0 Å². The van der Waals surface area contributed by atoms with Crippen LogP contribution < -0.4 is 10.2 Å². The quantitative estimate of drug-likeness (QED) is 0.863. The monoisotopic (exact) mass is 354 g/mol. The van der Waals surface area contributed by atoms with Crippen LogP contribution in [-0.4, -0.2) is 43.1 Å². The third-order valence-corrected chi connectivity index (χ3v) is 5.64. The van der Waals surface area contributed by atoms with E-state index in [4.69, 9.17) is 4.42 Å². The molecule has 2 aromatic rings. The van der Waals surface area contributed by atoms with Gasteiger partial charge in [-0.1, -0.05) is 13.0 Å². The number of nitrogens with zero attached hydrogens (tertiary/aromatic N) is 3. The first-order valence-electron chi connectivity index (χ1n) is 9.87. The molecule has 2 aromatic heterocycles.